The van der Waals surface area contributed by atoms with Crippen LogP contribution in [0.2, 0.25) is 5.02 Å². The Morgan fingerprint density at radius 2 is 1.88 bits per heavy atom. The predicted molar refractivity (Wildman–Crippen MR) is 124 cm³/mol. The van der Waals surface area contributed by atoms with E-state index in [2.05, 4.69) is 5.32 Å². The smallest absolute Gasteiger partial charge is 0.338 e. The van der Waals surface area contributed by atoms with E-state index in [0.29, 0.717) is 54.4 Å². The topological polar surface area (TPSA) is 92.8 Å². The molecule has 2 aromatic carbocycles. The Kier molecular flexibility index (Phi) is 7.92. The fourth-order valence-corrected chi connectivity index (χ4v) is 5.47. The third-order valence-corrected chi connectivity index (χ3v) is 7.54. The van der Waals surface area contributed by atoms with E-state index >= 15 is 0 Å². The number of hydrogen-bond acceptors (Lipinski definition) is 5. The number of benzene rings is 2. The molecule has 0 bridgehead atoms. The number of ether oxygens (including phenoxy) is 1. The van der Waals surface area contributed by atoms with Crippen LogP contribution < -0.4 is 5.32 Å². The number of piperidine rings is 1. The number of halogens is 1. The lowest BCUT2D eigenvalue weighted by atomic mass is 9.97. The molecule has 1 amide bonds. The van der Waals surface area contributed by atoms with Gasteiger partial charge >= 0.3 is 5.97 Å². The normalized spacial score (nSPS) is 15.3. The Hall–Kier alpha value is -2.42. The van der Waals surface area contributed by atoms with Gasteiger partial charge < -0.3 is 10.1 Å². The summed E-state index contributed by atoms with van der Waals surface area (Å²) in [4.78, 5) is 24.6. The quantitative estimate of drug-likeness (QED) is 0.607. The Bertz CT molecular complexity index is 1100. The van der Waals surface area contributed by atoms with Gasteiger partial charge in [-0.2, -0.15) is 0 Å². The van der Waals surface area contributed by atoms with Gasteiger partial charge in [0.1, 0.15) is 0 Å². The number of carbonyl (C=O) groups is 2. The molecule has 0 aromatic heterocycles. The highest BCUT2D eigenvalue weighted by molar-refractivity contribution is 7.88. The van der Waals surface area contributed by atoms with Crippen molar-refractivity contribution in [2.45, 2.75) is 32.4 Å². The molecule has 0 unspecified atom stereocenters. The van der Waals surface area contributed by atoms with Gasteiger partial charge in [-0.05, 0) is 68.1 Å². The van der Waals surface area contributed by atoms with E-state index in [1.165, 1.54) is 4.31 Å². The van der Waals surface area contributed by atoms with E-state index in [1.807, 2.05) is 6.92 Å². The standard InChI is InChI=1S/C23H27ClN2O5S/c1-3-31-23(28)19-7-8-21(16(2)13-19)25-22(27)18-9-11-26(12-10-18)32(29,30)15-17-5-4-6-20(24)14-17/h4-8,13-14,18H,3,9-12,15H2,1-2H3,(H,25,27). The van der Waals surface area contributed by atoms with Crippen molar-refractivity contribution in [2.24, 2.45) is 5.92 Å². The maximum atomic E-state index is 12.8. The maximum absolute atomic E-state index is 12.8. The monoisotopic (exact) mass is 478 g/mol. The third kappa shape index (κ3) is 6.09. The number of aryl methyl sites for hydroxylation is 1. The van der Waals surface area contributed by atoms with Gasteiger partial charge in [0.05, 0.1) is 17.9 Å². The summed E-state index contributed by atoms with van der Waals surface area (Å²) in [6.45, 7) is 4.43. The number of nitrogens with zero attached hydrogens (tertiary/aromatic N) is 1. The summed E-state index contributed by atoms with van der Waals surface area (Å²) < 4.78 is 31.9. The van der Waals surface area contributed by atoms with E-state index < -0.39 is 16.0 Å². The van der Waals surface area contributed by atoms with Crippen molar-refractivity contribution >= 4 is 39.2 Å². The molecule has 2 aromatic rings. The van der Waals surface area contributed by atoms with Gasteiger partial charge in [-0.3, -0.25) is 4.79 Å². The lowest BCUT2D eigenvalue weighted by molar-refractivity contribution is -0.120. The van der Waals surface area contributed by atoms with Crippen molar-refractivity contribution in [1.29, 1.82) is 0 Å². The molecule has 1 aliphatic rings. The van der Waals surface area contributed by atoms with Crippen LogP contribution in [0, 0.1) is 12.8 Å². The molecule has 0 spiro atoms. The van der Waals surface area contributed by atoms with Crippen LogP contribution in [0.1, 0.15) is 41.3 Å². The molecule has 1 heterocycles. The predicted octanol–water partition coefficient (Wildman–Crippen LogP) is 4.01. The summed E-state index contributed by atoms with van der Waals surface area (Å²) in [7, 11) is -3.49. The number of anilines is 1. The molecule has 1 fully saturated rings. The van der Waals surface area contributed by atoms with Crippen LogP contribution in [0.4, 0.5) is 5.69 Å². The second-order valence-electron chi connectivity index (χ2n) is 7.80. The minimum Gasteiger partial charge on any atom is -0.462 e. The van der Waals surface area contributed by atoms with Gasteiger partial charge in [0.15, 0.2) is 0 Å². The molecular formula is C23H27ClN2O5S. The lowest BCUT2D eigenvalue weighted by Crippen LogP contribution is -2.41. The van der Waals surface area contributed by atoms with Crippen molar-refractivity contribution in [3.8, 4) is 0 Å². The zero-order valence-corrected chi connectivity index (χ0v) is 19.7. The largest absolute Gasteiger partial charge is 0.462 e. The van der Waals surface area contributed by atoms with E-state index in [1.54, 1.807) is 49.4 Å². The van der Waals surface area contributed by atoms with Crippen molar-refractivity contribution in [1.82, 2.24) is 4.31 Å². The van der Waals surface area contributed by atoms with Gasteiger partial charge in [0, 0.05) is 29.7 Å². The molecule has 0 atom stereocenters. The van der Waals surface area contributed by atoms with Crippen LogP contribution in [-0.2, 0) is 25.3 Å². The first-order valence-corrected chi connectivity index (χ1v) is 12.5. The minimum atomic E-state index is -3.49. The summed E-state index contributed by atoms with van der Waals surface area (Å²) in [6.07, 6.45) is 0.890. The SMILES string of the molecule is CCOC(=O)c1ccc(NC(=O)C2CCN(S(=O)(=O)Cc3cccc(Cl)c3)CC2)c(C)c1. The zero-order valence-electron chi connectivity index (χ0n) is 18.1. The third-order valence-electron chi connectivity index (χ3n) is 5.45. The Morgan fingerprint density at radius 1 is 1.16 bits per heavy atom. The number of esters is 1. The minimum absolute atomic E-state index is 0.115. The second kappa shape index (κ2) is 10.5. The first kappa shape index (κ1) is 24.2. The number of amides is 1. The Morgan fingerprint density at radius 3 is 2.50 bits per heavy atom. The van der Waals surface area contributed by atoms with Crippen molar-refractivity contribution in [2.75, 3.05) is 25.0 Å². The number of carbonyl (C=O) groups excluding carboxylic acids is 2. The van der Waals surface area contributed by atoms with Gasteiger partial charge in [0.2, 0.25) is 15.9 Å². The molecular weight excluding hydrogens is 452 g/mol. The van der Waals surface area contributed by atoms with Crippen molar-refractivity contribution in [3.05, 3.63) is 64.2 Å². The molecule has 32 heavy (non-hydrogen) atoms. The van der Waals surface area contributed by atoms with Crippen molar-refractivity contribution < 1.29 is 22.7 Å². The first-order chi connectivity index (χ1) is 15.2. The summed E-state index contributed by atoms with van der Waals surface area (Å²) in [5.74, 6) is -0.948. The summed E-state index contributed by atoms with van der Waals surface area (Å²) in [5.41, 5.74) is 2.45. The summed E-state index contributed by atoms with van der Waals surface area (Å²) in [5, 5.41) is 3.40. The van der Waals surface area contributed by atoms with Crippen LogP contribution in [0.3, 0.4) is 0 Å². The van der Waals surface area contributed by atoms with Crippen LogP contribution in [0.25, 0.3) is 0 Å². The zero-order chi connectivity index (χ0) is 23.3. The van der Waals surface area contributed by atoms with E-state index in [0.717, 1.165) is 5.56 Å². The highest BCUT2D eigenvalue weighted by Crippen LogP contribution is 2.25. The lowest BCUT2D eigenvalue weighted by Gasteiger charge is -2.30. The van der Waals surface area contributed by atoms with Crippen LogP contribution in [-0.4, -0.2) is 44.3 Å². The highest BCUT2D eigenvalue weighted by Gasteiger charge is 2.31. The van der Waals surface area contributed by atoms with E-state index in [9.17, 15) is 18.0 Å². The molecule has 3 rings (SSSR count). The second-order valence-corrected chi connectivity index (χ2v) is 10.2. The number of rotatable bonds is 7. The van der Waals surface area contributed by atoms with Crippen LogP contribution in [0.5, 0.6) is 0 Å². The van der Waals surface area contributed by atoms with Crippen LogP contribution in [0.15, 0.2) is 42.5 Å². The molecule has 1 aliphatic heterocycles. The maximum Gasteiger partial charge on any atom is 0.338 e. The van der Waals surface area contributed by atoms with Crippen molar-refractivity contribution in [3.63, 3.8) is 0 Å². The van der Waals surface area contributed by atoms with Crippen LogP contribution >= 0.6 is 11.6 Å². The Balaban J connectivity index is 1.57. The molecule has 9 heteroatoms. The molecule has 0 saturated carbocycles. The highest BCUT2D eigenvalue weighted by atomic mass is 35.5. The fourth-order valence-electron chi connectivity index (χ4n) is 3.70. The molecule has 1 saturated heterocycles. The van der Waals surface area contributed by atoms with Gasteiger partial charge in [0.25, 0.3) is 0 Å². The summed E-state index contributed by atoms with van der Waals surface area (Å²) >= 11 is 5.95. The fraction of sp³-hybridized carbons (Fsp3) is 0.391. The van der Waals surface area contributed by atoms with Gasteiger partial charge in [-0.15, -0.1) is 0 Å². The number of sulfonamides is 1. The summed E-state index contributed by atoms with van der Waals surface area (Å²) in [6, 6.07) is 11.8. The first-order valence-electron chi connectivity index (χ1n) is 10.5. The van der Waals surface area contributed by atoms with Gasteiger partial charge in [-0.25, -0.2) is 17.5 Å². The number of nitrogens with one attached hydrogen (secondary N) is 1. The molecule has 172 valence electrons. The van der Waals surface area contributed by atoms with E-state index in [-0.39, 0.29) is 17.6 Å². The average molecular weight is 479 g/mol. The van der Waals surface area contributed by atoms with E-state index in [4.69, 9.17) is 16.3 Å². The van der Waals surface area contributed by atoms with Gasteiger partial charge in [-0.1, -0.05) is 23.7 Å². The number of hydrogen-bond donors (Lipinski definition) is 1. The Labute approximate surface area is 193 Å². The molecule has 7 nitrogen and oxygen atoms in total. The average Bonchev–Trinajstić information content (AvgIpc) is 2.75. The molecule has 1 N–H and O–H groups in total. The molecule has 0 aliphatic carbocycles. The molecule has 0 radical (unpaired) electrons.